The third-order valence-corrected chi connectivity index (χ3v) is 3.16. The average molecular weight is 265 g/mol. The number of rotatable bonds is 7. The van der Waals surface area contributed by atoms with Crippen LogP contribution in [0.1, 0.15) is 32.8 Å². The van der Waals surface area contributed by atoms with Crippen molar-refractivity contribution >= 4 is 5.97 Å². The van der Waals surface area contributed by atoms with Crippen LogP contribution in [0.4, 0.5) is 0 Å². The third kappa shape index (κ3) is 5.75. The van der Waals surface area contributed by atoms with Crippen LogP contribution in [0, 0.1) is 0 Å². The zero-order valence-electron chi connectivity index (χ0n) is 12.2. The second kappa shape index (κ2) is 7.14. The van der Waals surface area contributed by atoms with E-state index < -0.39 is 0 Å². The fourth-order valence-corrected chi connectivity index (χ4v) is 1.37. The van der Waals surface area contributed by atoms with Crippen LogP contribution in [0.2, 0.25) is 0 Å². The molecule has 0 aliphatic heterocycles. The topological polar surface area (TPSA) is 47.6 Å². The summed E-state index contributed by atoms with van der Waals surface area (Å²) in [7, 11) is 1.34. The number of ether oxygens (including phenoxy) is 2. The first-order valence-corrected chi connectivity index (χ1v) is 6.50. The van der Waals surface area contributed by atoms with E-state index in [1.165, 1.54) is 12.7 Å². The molecule has 0 aromatic heterocycles. The second-order valence-corrected chi connectivity index (χ2v) is 5.10. The number of carbonyl (C=O) groups excluding carboxylic acids is 1. The van der Waals surface area contributed by atoms with Crippen molar-refractivity contribution < 1.29 is 14.3 Å². The molecule has 19 heavy (non-hydrogen) atoms. The molecule has 0 spiro atoms. The summed E-state index contributed by atoms with van der Waals surface area (Å²) in [5.74, 6) is 0.291. The van der Waals surface area contributed by atoms with Crippen molar-refractivity contribution in [1.29, 1.82) is 0 Å². The summed E-state index contributed by atoms with van der Waals surface area (Å²) in [4.78, 5) is 10.9. The summed E-state index contributed by atoms with van der Waals surface area (Å²) < 4.78 is 9.80. The molecule has 0 saturated carbocycles. The molecule has 0 unspecified atom stereocenters. The summed E-state index contributed by atoms with van der Waals surface area (Å²) in [5, 5.41) is 3.49. The number of hydrogen-bond acceptors (Lipinski definition) is 4. The van der Waals surface area contributed by atoms with Gasteiger partial charge >= 0.3 is 5.97 Å². The van der Waals surface area contributed by atoms with E-state index >= 15 is 0 Å². The van der Waals surface area contributed by atoms with Crippen LogP contribution in [-0.2, 0) is 16.1 Å². The van der Waals surface area contributed by atoms with Crippen LogP contribution in [0.15, 0.2) is 24.3 Å². The van der Waals surface area contributed by atoms with Gasteiger partial charge in [0.05, 0.1) is 7.11 Å². The van der Waals surface area contributed by atoms with E-state index in [4.69, 9.17) is 4.74 Å². The predicted molar refractivity (Wildman–Crippen MR) is 75.2 cm³/mol. The lowest BCUT2D eigenvalue weighted by atomic mass is 10.0. The molecule has 4 nitrogen and oxygen atoms in total. The molecule has 1 rings (SSSR count). The van der Waals surface area contributed by atoms with Gasteiger partial charge in [0, 0.05) is 12.1 Å². The normalized spacial score (nSPS) is 11.2. The van der Waals surface area contributed by atoms with Crippen molar-refractivity contribution in [2.75, 3.05) is 13.7 Å². The number of nitrogens with one attached hydrogen (secondary N) is 1. The maximum atomic E-state index is 10.9. The molecule has 1 aromatic rings. The molecule has 0 aliphatic rings. The lowest BCUT2D eigenvalue weighted by Crippen LogP contribution is -2.37. The van der Waals surface area contributed by atoms with E-state index in [9.17, 15) is 4.79 Å². The highest BCUT2D eigenvalue weighted by Crippen LogP contribution is 2.14. The Hall–Kier alpha value is -1.55. The zero-order valence-corrected chi connectivity index (χ0v) is 12.2. The Morgan fingerprint density at radius 2 is 1.89 bits per heavy atom. The monoisotopic (exact) mass is 265 g/mol. The Morgan fingerprint density at radius 1 is 1.26 bits per heavy atom. The highest BCUT2D eigenvalue weighted by atomic mass is 16.6. The molecule has 1 N–H and O–H groups in total. The van der Waals surface area contributed by atoms with Gasteiger partial charge in [-0.05, 0) is 38.0 Å². The van der Waals surface area contributed by atoms with E-state index in [1.54, 1.807) is 0 Å². The Labute approximate surface area is 115 Å². The molecule has 0 bridgehead atoms. The molecule has 0 aliphatic carbocycles. The standard InChI is InChI=1S/C15H23NO3/c1-5-15(2,3)16-10-12-6-8-13(9-7-12)19-11-14(17)18-4/h6-9,16H,5,10-11H2,1-4H3. The number of hydrogen-bond donors (Lipinski definition) is 1. The van der Waals surface area contributed by atoms with Gasteiger partial charge in [-0.15, -0.1) is 0 Å². The minimum absolute atomic E-state index is 0.0586. The molecule has 0 fully saturated rings. The van der Waals surface area contributed by atoms with Gasteiger partial charge in [0.1, 0.15) is 5.75 Å². The fraction of sp³-hybridized carbons (Fsp3) is 0.533. The minimum Gasteiger partial charge on any atom is -0.482 e. The first-order valence-electron chi connectivity index (χ1n) is 6.50. The van der Waals surface area contributed by atoms with E-state index in [-0.39, 0.29) is 18.1 Å². The second-order valence-electron chi connectivity index (χ2n) is 5.10. The first-order chi connectivity index (χ1) is 8.96. The Kier molecular flexibility index (Phi) is 5.83. The molecule has 106 valence electrons. The van der Waals surface area contributed by atoms with Crippen LogP contribution in [0.5, 0.6) is 5.75 Å². The fourth-order valence-electron chi connectivity index (χ4n) is 1.37. The van der Waals surface area contributed by atoms with Gasteiger partial charge < -0.3 is 14.8 Å². The van der Waals surface area contributed by atoms with Gasteiger partial charge in [-0.2, -0.15) is 0 Å². The minimum atomic E-state index is -0.379. The van der Waals surface area contributed by atoms with Crippen LogP contribution < -0.4 is 10.1 Å². The summed E-state index contributed by atoms with van der Waals surface area (Å²) in [6, 6.07) is 7.70. The van der Waals surface area contributed by atoms with E-state index in [0.29, 0.717) is 5.75 Å². The van der Waals surface area contributed by atoms with Crippen molar-refractivity contribution in [2.45, 2.75) is 39.3 Å². The van der Waals surface area contributed by atoms with E-state index in [1.807, 2.05) is 24.3 Å². The molecular formula is C15H23NO3. The Balaban J connectivity index is 2.45. The largest absolute Gasteiger partial charge is 0.482 e. The molecular weight excluding hydrogens is 242 g/mol. The molecule has 1 aromatic carbocycles. The number of carbonyl (C=O) groups is 1. The van der Waals surface area contributed by atoms with Gasteiger partial charge in [-0.25, -0.2) is 4.79 Å². The Bertz CT molecular complexity index is 398. The smallest absolute Gasteiger partial charge is 0.343 e. The van der Waals surface area contributed by atoms with Gasteiger partial charge in [0.25, 0.3) is 0 Å². The zero-order chi connectivity index (χ0) is 14.3. The van der Waals surface area contributed by atoms with Crippen molar-refractivity contribution in [3.63, 3.8) is 0 Å². The lowest BCUT2D eigenvalue weighted by molar-refractivity contribution is -0.142. The van der Waals surface area contributed by atoms with Crippen molar-refractivity contribution in [3.05, 3.63) is 29.8 Å². The van der Waals surface area contributed by atoms with Gasteiger partial charge in [0.2, 0.25) is 0 Å². The van der Waals surface area contributed by atoms with Crippen LogP contribution in [0.25, 0.3) is 0 Å². The summed E-state index contributed by atoms with van der Waals surface area (Å²) in [5.41, 5.74) is 1.33. The SMILES string of the molecule is CCC(C)(C)NCc1ccc(OCC(=O)OC)cc1. The summed E-state index contributed by atoms with van der Waals surface area (Å²) in [6.45, 7) is 7.29. The van der Waals surface area contributed by atoms with E-state index in [0.717, 1.165) is 13.0 Å². The summed E-state index contributed by atoms with van der Waals surface area (Å²) >= 11 is 0. The quantitative estimate of drug-likeness (QED) is 0.770. The number of benzene rings is 1. The molecule has 0 saturated heterocycles. The Morgan fingerprint density at radius 3 is 2.42 bits per heavy atom. The highest BCUT2D eigenvalue weighted by molar-refractivity contribution is 5.70. The third-order valence-electron chi connectivity index (χ3n) is 3.16. The number of methoxy groups -OCH3 is 1. The van der Waals surface area contributed by atoms with Crippen LogP contribution in [0.3, 0.4) is 0 Å². The van der Waals surface area contributed by atoms with Crippen molar-refractivity contribution in [2.24, 2.45) is 0 Å². The number of esters is 1. The van der Waals surface area contributed by atoms with Crippen LogP contribution >= 0.6 is 0 Å². The van der Waals surface area contributed by atoms with Gasteiger partial charge in [-0.3, -0.25) is 0 Å². The lowest BCUT2D eigenvalue weighted by Gasteiger charge is -2.24. The predicted octanol–water partition coefficient (Wildman–Crippen LogP) is 2.52. The molecule has 4 heteroatoms. The molecule has 0 radical (unpaired) electrons. The maximum absolute atomic E-state index is 10.9. The highest BCUT2D eigenvalue weighted by Gasteiger charge is 2.13. The van der Waals surface area contributed by atoms with Gasteiger partial charge in [-0.1, -0.05) is 19.1 Å². The molecule has 0 atom stereocenters. The van der Waals surface area contributed by atoms with Crippen molar-refractivity contribution in [3.8, 4) is 5.75 Å². The molecule has 0 amide bonds. The first kappa shape index (κ1) is 15.5. The maximum Gasteiger partial charge on any atom is 0.343 e. The van der Waals surface area contributed by atoms with Gasteiger partial charge in [0.15, 0.2) is 6.61 Å². The average Bonchev–Trinajstić information content (AvgIpc) is 2.43. The van der Waals surface area contributed by atoms with E-state index in [2.05, 4.69) is 30.8 Å². The molecule has 0 heterocycles. The van der Waals surface area contributed by atoms with Crippen LogP contribution in [-0.4, -0.2) is 25.2 Å². The summed E-state index contributed by atoms with van der Waals surface area (Å²) in [6.07, 6.45) is 1.08. The van der Waals surface area contributed by atoms with Crippen molar-refractivity contribution in [1.82, 2.24) is 5.32 Å².